The van der Waals surface area contributed by atoms with Gasteiger partial charge >= 0.3 is 0 Å². The highest BCUT2D eigenvalue weighted by Crippen LogP contribution is 2.24. The van der Waals surface area contributed by atoms with Crippen molar-refractivity contribution in [2.75, 3.05) is 25.6 Å². The molecule has 0 spiro atoms. The van der Waals surface area contributed by atoms with E-state index in [0.29, 0.717) is 13.2 Å². The predicted octanol–water partition coefficient (Wildman–Crippen LogP) is 2.20. The summed E-state index contributed by atoms with van der Waals surface area (Å²) in [7, 11) is 1.67. The van der Waals surface area contributed by atoms with Crippen molar-refractivity contribution in [2.24, 2.45) is 5.92 Å². The van der Waals surface area contributed by atoms with Crippen molar-refractivity contribution in [2.45, 2.75) is 32.2 Å². The first kappa shape index (κ1) is 14.9. The highest BCUT2D eigenvalue weighted by molar-refractivity contribution is 5.81. The molecule has 0 fully saturated rings. The minimum Gasteiger partial charge on any atom is -0.384 e. The fourth-order valence-electron chi connectivity index (χ4n) is 2.69. The third-order valence-electron chi connectivity index (χ3n) is 3.74. The number of ether oxygens (including phenoxy) is 1. The molecule has 1 heterocycles. The van der Waals surface area contributed by atoms with E-state index in [9.17, 15) is 4.79 Å². The molecule has 20 heavy (non-hydrogen) atoms. The van der Waals surface area contributed by atoms with Gasteiger partial charge in [-0.25, -0.2) is 0 Å². The summed E-state index contributed by atoms with van der Waals surface area (Å²) < 4.78 is 5.17. The number of amides is 1. The highest BCUT2D eigenvalue weighted by atomic mass is 16.5. The molecule has 1 aliphatic heterocycles. The molecule has 0 saturated carbocycles. The van der Waals surface area contributed by atoms with Gasteiger partial charge in [0.05, 0.1) is 18.6 Å². The highest BCUT2D eigenvalue weighted by Gasteiger charge is 2.25. The monoisotopic (exact) mass is 276 g/mol. The Bertz CT molecular complexity index is 442. The van der Waals surface area contributed by atoms with E-state index < -0.39 is 0 Å². The van der Waals surface area contributed by atoms with Crippen LogP contribution in [0.2, 0.25) is 0 Å². The van der Waals surface area contributed by atoms with Gasteiger partial charge in [-0.05, 0) is 24.5 Å². The Morgan fingerprint density at radius 3 is 3.05 bits per heavy atom. The smallest absolute Gasteiger partial charge is 0.225 e. The minimum atomic E-state index is 0.00103. The second kappa shape index (κ2) is 7.29. The Balaban J connectivity index is 1.93. The lowest BCUT2D eigenvalue weighted by Crippen LogP contribution is -2.44. The number of carbonyl (C=O) groups is 1. The van der Waals surface area contributed by atoms with E-state index in [1.807, 2.05) is 12.1 Å². The van der Waals surface area contributed by atoms with Crippen LogP contribution in [-0.2, 0) is 16.0 Å². The molecule has 0 aliphatic carbocycles. The van der Waals surface area contributed by atoms with Crippen molar-refractivity contribution in [3.05, 3.63) is 29.8 Å². The fraction of sp³-hybridized carbons (Fsp3) is 0.562. The molecule has 2 rings (SSSR count). The summed E-state index contributed by atoms with van der Waals surface area (Å²) in [5.74, 6) is 0.128. The molecular weight excluding hydrogens is 252 g/mol. The maximum absolute atomic E-state index is 12.4. The SMILES string of the molecule is CCCC(COC)NC(=O)C1CNc2ccccc2C1. The Hall–Kier alpha value is -1.55. The Morgan fingerprint density at radius 1 is 1.50 bits per heavy atom. The van der Waals surface area contributed by atoms with Gasteiger partial charge in [-0.2, -0.15) is 0 Å². The van der Waals surface area contributed by atoms with Crippen molar-refractivity contribution in [1.29, 1.82) is 0 Å². The number of rotatable bonds is 6. The van der Waals surface area contributed by atoms with Crippen LogP contribution in [0.5, 0.6) is 0 Å². The Kier molecular flexibility index (Phi) is 5.41. The summed E-state index contributed by atoms with van der Waals surface area (Å²) in [6.45, 7) is 3.40. The van der Waals surface area contributed by atoms with E-state index in [0.717, 1.165) is 24.9 Å². The van der Waals surface area contributed by atoms with Crippen LogP contribution in [0.3, 0.4) is 0 Å². The molecule has 2 N–H and O–H groups in total. The summed E-state index contributed by atoms with van der Waals surface area (Å²) in [5.41, 5.74) is 2.37. The number of para-hydroxylation sites is 1. The lowest BCUT2D eigenvalue weighted by Gasteiger charge is -2.27. The van der Waals surface area contributed by atoms with Gasteiger partial charge in [0.25, 0.3) is 0 Å². The van der Waals surface area contributed by atoms with Gasteiger partial charge in [-0.3, -0.25) is 4.79 Å². The van der Waals surface area contributed by atoms with E-state index in [4.69, 9.17) is 4.74 Å². The largest absolute Gasteiger partial charge is 0.384 e. The topological polar surface area (TPSA) is 50.4 Å². The Morgan fingerprint density at radius 2 is 2.30 bits per heavy atom. The van der Waals surface area contributed by atoms with Crippen molar-refractivity contribution < 1.29 is 9.53 Å². The molecule has 0 radical (unpaired) electrons. The lowest BCUT2D eigenvalue weighted by atomic mass is 9.93. The maximum Gasteiger partial charge on any atom is 0.225 e. The molecule has 4 nitrogen and oxygen atoms in total. The first-order valence-electron chi connectivity index (χ1n) is 7.35. The number of nitrogens with one attached hydrogen (secondary N) is 2. The van der Waals surface area contributed by atoms with E-state index in [-0.39, 0.29) is 17.9 Å². The summed E-state index contributed by atoms with van der Waals surface area (Å²) in [6, 6.07) is 8.30. The van der Waals surface area contributed by atoms with Crippen LogP contribution in [0.25, 0.3) is 0 Å². The van der Waals surface area contributed by atoms with Crippen molar-refractivity contribution in [3.63, 3.8) is 0 Å². The van der Waals surface area contributed by atoms with E-state index in [1.165, 1.54) is 5.56 Å². The minimum absolute atomic E-state index is 0.00103. The number of anilines is 1. The van der Waals surface area contributed by atoms with Gasteiger partial charge in [0.2, 0.25) is 5.91 Å². The summed E-state index contributed by atoms with van der Waals surface area (Å²) in [5, 5.41) is 6.45. The van der Waals surface area contributed by atoms with Crippen LogP contribution in [0, 0.1) is 5.92 Å². The van der Waals surface area contributed by atoms with E-state index in [1.54, 1.807) is 7.11 Å². The van der Waals surface area contributed by atoms with Gasteiger partial charge in [0, 0.05) is 19.3 Å². The average molecular weight is 276 g/mol. The van der Waals surface area contributed by atoms with Crippen LogP contribution in [0.15, 0.2) is 24.3 Å². The van der Waals surface area contributed by atoms with Crippen LogP contribution in [0.1, 0.15) is 25.3 Å². The average Bonchev–Trinajstić information content (AvgIpc) is 2.47. The second-order valence-electron chi connectivity index (χ2n) is 5.39. The number of hydrogen-bond donors (Lipinski definition) is 2. The molecule has 1 amide bonds. The fourth-order valence-corrected chi connectivity index (χ4v) is 2.69. The number of methoxy groups -OCH3 is 1. The summed E-state index contributed by atoms with van der Waals surface area (Å²) in [4.78, 5) is 12.4. The molecule has 0 saturated heterocycles. The van der Waals surface area contributed by atoms with Gasteiger partial charge < -0.3 is 15.4 Å². The number of carbonyl (C=O) groups excluding carboxylic acids is 1. The molecule has 2 unspecified atom stereocenters. The number of benzene rings is 1. The molecule has 110 valence electrons. The molecule has 4 heteroatoms. The molecule has 1 aliphatic rings. The van der Waals surface area contributed by atoms with Crippen molar-refractivity contribution in [1.82, 2.24) is 5.32 Å². The van der Waals surface area contributed by atoms with Crippen molar-refractivity contribution >= 4 is 11.6 Å². The van der Waals surface area contributed by atoms with Crippen LogP contribution < -0.4 is 10.6 Å². The van der Waals surface area contributed by atoms with Gasteiger partial charge in [0.15, 0.2) is 0 Å². The third kappa shape index (κ3) is 3.73. The van der Waals surface area contributed by atoms with Crippen LogP contribution in [0.4, 0.5) is 5.69 Å². The summed E-state index contributed by atoms with van der Waals surface area (Å²) in [6.07, 6.45) is 2.80. The molecule has 1 aromatic rings. The van der Waals surface area contributed by atoms with Gasteiger partial charge in [-0.1, -0.05) is 31.5 Å². The third-order valence-corrected chi connectivity index (χ3v) is 3.74. The zero-order valence-electron chi connectivity index (χ0n) is 12.3. The molecule has 2 atom stereocenters. The second-order valence-corrected chi connectivity index (χ2v) is 5.39. The molecule has 0 aromatic heterocycles. The maximum atomic E-state index is 12.4. The Labute approximate surface area is 120 Å². The van der Waals surface area contributed by atoms with E-state index in [2.05, 4.69) is 29.7 Å². The zero-order valence-corrected chi connectivity index (χ0v) is 12.3. The van der Waals surface area contributed by atoms with E-state index >= 15 is 0 Å². The first-order valence-corrected chi connectivity index (χ1v) is 7.35. The molecule has 0 bridgehead atoms. The number of hydrogen-bond acceptors (Lipinski definition) is 3. The normalized spacial score (nSPS) is 18.8. The van der Waals surface area contributed by atoms with Crippen LogP contribution in [-0.4, -0.2) is 32.2 Å². The molecule has 1 aromatic carbocycles. The zero-order chi connectivity index (χ0) is 14.4. The standard InChI is InChI=1S/C16H24N2O2/c1-3-6-14(11-20-2)18-16(19)13-9-12-7-4-5-8-15(12)17-10-13/h4-5,7-8,13-14,17H,3,6,9-11H2,1-2H3,(H,18,19). The van der Waals surface area contributed by atoms with Crippen LogP contribution >= 0.6 is 0 Å². The molecular formula is C16H24N2O2. The summed E-state index contributed by atoms with van der Waals surface area (Å²) >= 11 is 0. The quantitative estimate of drug-likeness (QED) is 0.837. The number of fused-ring (bicyclic) bond motifs is 1. The van der Waals surface area contributed by atoms with Gasteiger partial charge in [-0.15, -0.1) is 0 Å². The predicted molar refractivity (Wildman–Crippen MR) is 80.8 cm³/mol. The van der Waals surface area contributed by atoms with Gasteiger partial charge in [0.1, 0.15) is 0 Å². The van der Waals surface area contributed by atoms with Crippen molar-refractivity contribution in [3.8, 4) is 0 Å². The first-order chi connectivity index (χ1) is 9.74. The lowest BCUT2D eigenvalue weighted by molar-refractivity contribution is -0.125.